The summed E-state index contributed by atoms with van der Waals surface area (Å²) in [6.45, 7) is 7.09. The van der Waals surface area contributed by atoms with E-state index in [2.05, 4.69) is 42.3 Å². The summed E-state index contributed by atoms with van der Waals surface area (Å²) in [5.41, 5.74) is 6.82. The van der Waals surface area contributed by atoms with E-state index in [4.69, 9.17) is 32.7 Å². The second-order valence-electron chi connectivity index (χ2n) is 10.2. The zero-order valence-electron chi connectivity index (χ0n) is 22.4. The third-order valence-corrected chi connectivity index (χ3v) is 8.31. The van der Waals surface area contributed by atoms with Crippen molar-refractivity contribution in [2.24, 2.45) is 0 Å². The van der Waals surface area contributed by atoms with Gasteiger partial charge >= 0.3 is 0 Å². The second kappa shape index (κ2) is 12.5. The smallest absolute Gasteiger partial charge is 0.251 e. The summed E-state index contributed by atoms with van der Waals surface area (Å²) < 4.78 is 11.6. The normalized spacial score (nSPS) is 15.3. The van der Waals surface area contributed by atoms with Crippen LogP contribution in [-0.4, -0.2) is 43.2 Å². The molecule has 0 atom stereocenters. The fourth-order valence-electron chi connectivity index (χ4n) is 4.96. The van der Waals surface area contributed by atoms with Crippen molar-refractivity contribution < 1.29 is 14.3 Å². The molecule has 1 fully saturated rings. The van der Waals surface area contributed by atoms with E-state index < -0.39 is 0 Å². The van der Waals surface area contributed by atoms with Crippen LogP contribution in [0.25, 0.3) is 5.57 Å². The third kappa shape index (κ3) is 6.60. The highest BCUT2D eigenvalue weighted by Crippen LogP contribution is 2.34. The quantitative estimate of drug-likeness (QED) is 0.269. The minimum atomic E-state index is 0.151. The molecule has 1 amide bonds. The first-order chi connectivity index (χ1) is 18.9. The van der Waals surface area contributed by atoms with Gasteiger partial charge < -0.3 is 19.7 Å². The highest BCUT2D eigenvalue weighted by atomic mass is 35.5. The van der Waals surface area contributed by atoms with E-state index >= 15 is 0 Å². The van der Waals surface area contributed by atoms with E-state index in [1.165, 1.54) is 16.7 Å². The van der Waals surface area contributed by atoms with E-state index in [-0.39, 0.29) is 5.91 Å². The van der Waals surface area contributed by atoms with Gasteiger partial charge in [-0.15, -0.1) is 0 Å². The summed E-state index contributed by atoms with van der Waals surface area (Å²) in [5, 5.41) is 4.28. The number of hydrogen-bond acceptors (Lipinski definition) is 4. The Morgan fingerprint density at radius 2 is 1.72 bits per heavy atom. The van der Waals surface area contributed by atoms with Gasteiger partial charge in [0, 0.05) is 24.7 Å². The number of aryl methyl sites for hydroxylation is 1. The molecule has 0 saturated heterocycles. The maximum absolute atomic E-state index is 13.9. The Balaban J connectivity index is 1.26. The average molecular weight is 566 g/mol. The lowest BCUT2D eigenvalue weighted by Crippen LogP contribution is -2.39. The summed E-state index contributed by atoms with van der Waals surface area (Å²) in [7, 11) is 0. The lowest BCUT2D eigenvalue weighted by Gasteiger charge is -2.29. The number of nitrogens with zero attached hydrogens (tertiary/aromatic N) is 1. The molecule has 3 aromatic carbocycles. The molecule has 1 aliphatic carbocycles. The first-order valence-electron chi connectivity index (χ1n) is 13.5. The Morgan fingerprint density at radius 3 is 2.49 bits per heavy atom. The lowest BCUT2D eigenvalue weighted by molar-refractivity contribution is -0.128. The Kier molecular flexibility index (Phi) is 8.81. The van der Waals surface area contributed by atoms with Crippen molar-refractivity contribution in [3.05, 3.63) is 98.5 Å². The second-order valence-corrected chi connectivity index (χ2v) is 11.0. The van der Waals surface area contributed by atoms with Crippen LogP contribution in [-0.2, 0) is 11.3 Å². The van der Waals surface area contributed by atoms with Gasteiger partial charge in [0.2, 0.25) is 0 Å². The van der Waals surface area contributed by atoms with Gasteiger partial charge in [0.15, 0.2) is 0 Å². The zero-order valence-corrected chi connectivity index (χ0v) is 23.9. The maximum Gasteiger partial charge on any atom is 0.251 e. The molecule has 5 rings (SSSR count). The van der Waals surface area contributed by atoms with Gasteiger partial charge in [0.1, 0.15) is 29.7 Å². The standard InChI is InChI=1S/C32H34Cl2N2O3/c1-21-5-3-6-24(22(21)2)20-36(25-11-12-25)32(37)28-19-35-16-15-27(28)23-9-13-26(14-10-23)38-17-18-39-30-8-4-7-29(33)31(30)34/h3-10,13-14,25,35H,11-12,15-20H2,1-2H3. The summed E-state index contributed by atoms with van der Waals surface area (Å²) in [6, 6.07) is 20.0. The number of carbonyl (C=O) groups excluding carboxylic acids is 1. The lowest BCUT2D eigenvalue weighted by atomic mass is 9.93. The number of nitrogens with one attached hydrogen (secondary N) is 1. The van der Waals surface area contributed by atoms with E-state index in [1.807, 2.05) is 24.3 Å². The largest absolute Gasteiger partial charge is 0.490 e. The number of benzene rings is 3. The van der Waals surface area contributed by atoms with Crippen LogP contribution >= 0.6 is 23.2 Å². The van der Waals surface area contributed by atoms with Gasteiger partial charge in [-0.05, 0) is 91.7 Å². The van der Waals surface area contributed by atoms with E-state index in [1.54, 1.807) is 18.2 Å². The first kappa shape index (κ1) is 27.6. The van der Waals surface area contributed by atoms with Gasteiger partial charge in [0.05, 0.1) is 5.02 Å². The molecule has 0 bridgehead atoms. The molecule has 7 heteroatoms. The minimum Gasteiger partial charge on any atom is -0.490 e. The van der Waals surface area contributed by atoms with Crippen LogP contribution in [0.2, 0.25) is 10.0 Å². The predicted molar refractivity (Wildman–Crippen MR) is 158 cm³/mol. The SMILES string of the molecule is Cc1cccc(CN(C(=O)C2=C(c3ccc(OCCOc4cccc(Cl)c4Cl)cc3)CCNC2)C2CC2)c1C. The molecule has 0 aromatic heterocycles. The van der Waals surface area contributed by atoms with Crippen LogP contribution < -0.4 is 14.8 Å². The monoisotopic (exact) mass is 564 g/mol. The van der Waals surface area contributed by atoms with Crippen LogP contribution in [0.15, 0.2) is 66.2 Å². The third-order valence-electron chi connectivity index (χ3n) is 7.51. The van der Waals surface area contributed by atoms with Crippen molar-refractivity contribution in [2.45, 2.75) is 45.7 Å². The molecule has 1 aliphatic heterocycles. The summed E-state index contributed by atoms with van der Waals surface area (Å²) >= 11 is 12.2. The zero-order chi connectivity index (χ0) is 27.4. The molecule has 0 unspecified atom stereocenters. The van der Waals surface area contributed by atoms with Crippen molar-refractivity contribution in [3.63, 3.8) is 0 Å². The fourth-order valence-corrected chi connectivity index (χ4v) is 5.31. The van der Waals surface area contributed by atoms with Gasteiger partial charge in [-0.2, -0.15) is 0 Å². The number of halogens is 2. The molecular weight excluding hydrogens is 531 g/mol. The molecule has 1 heterocycles. The Labute approximate surface area is 240 Å². The van der Waals surface area contributed by atoms with E-state index in [0.29, 0.717) is 48.1 Å². The Morgan fingerprint density at radius 1 is 0.974 bits per heavy atom. The summed E-state index contributed by atoms with van der Waals surface area (Å²) in [5.74, 6) is 1.44. The number of amides is 1. The van der Waals surface area contributed by atoms with Crippen molar-refractivity contribution in [3.8, 4) is 11.5 Å². The molecule has 39 heavy (non-hydrogen) atoms. The molecule has 0 radical (unpaired) electrons. The fraction of sp³-hybridized carbons (Fsp3) is 0.344. The number of ether oxygens (including phenoxy) is 2. The van der Waals surface area contributed by atoms with E-state index in [9.17, 15) is 4.79 Å². The van der Waals surface area contributed by atoms with Gasteiger partial charge in [-0.1, -0.05) is 59.6 Å². The molecule has 0 spiro atoms. The molecule has 5 nitrogen and oxygen atoms in total. The van der Waals surface area contributed by atoms with E-state index in [0.717, 1.165) is 48.3 Å². The Hall–Kier alpha value is -2.99. The van der Waals surface area contributed by atoms with Gasteiger partial charge in [-0.25, -0.2) is 0 Å². The average Bonchev–Trinajstić information content (AvgIpc) is 3.79. The highest BCUT2D eigenvalue weighted by Gasteiger charge is 2.35. The predicted octanol–water partition coefficient (Wildman–Crippen LogP) is 7.01. The van der Waals surface area contributed by atoms with Crippen LogP contribution in [0.4, 0.5) is 0 Å². The number of hydrogen-bond donors (Lipinski definition) is 1. The molecule has 2 aliphatic rings. The van der Waals surface area contributed by atoms with Crippen molar-refractivity contribution >= 4 is 34.7 Å². The summed E-state index contributed by atoms with van der Waals surface area (Å²) in [4.78, 5) is 16.0. The van der Waals surface area contributed by atoms with Crippen LogP contribution in [0.5, 0.6) is 11.5 Å². The van der Waals surface area contributed by atoms with Gasteiger partial charge in [-0.3, -0.25) is 4.79 Å². The minimum absolute atomic E-state index is 0.151. The number of rotatable bonds is 10. The van der Waals surface area contributed by atoms with Crippen LogP contribution in [0.3, 0.4) is 0 Å². The molecule has 1 saturated carbocycles. The topological polar surface area (TPSA) is 50.8 Å². The number of carbonyl (C=O) groups is 1. The summed E-state index contributed by atoms with van der Waals surface area (Å²) in [6.07, 6.45) is 2.97. The maximum atomic E-state index is 13.9. The van der Waals surface area contributed by atoms with Crippen LogP contribution in [0, 0.1) is 13.8 Å². The highest BCUT2D eigenvalue weighted by molar-refractivity contribution is 6.42. The molecule has 1 N–H and O–H groups in total. The van der Waals surface area contributed by atoms with Crippen molar-refractivity contribution in [2.75, 3.05) is 26.3 Å². The first-order valence-corrected chi connectivity index (χ1v) is 14.3. The van der Waals surface area contributed by atoms with Crippen LogP contribution in [0.1, 0.15) is 41.5 Å². The van der Waals surface area contributed by atoms with Crippen molar-refractivity contribution in [1.82, 2.24) is 10.2 Å². The molecular formula is C32H34Cl2N2O3. The van der Waals surface area contributed by atoms with Gasteiger partial charge in [0.25, 0.3) is 5.91 Å². The Bertz CT molecular complexity index is 1370. The molecule has 3 aromatic rings. The molecule has 204 valence electrons. The van der Waals surface area contributed by atoms with Crippen molar-refractivity contribution in [1.29, 1.82) is 0 Å².